The molecule has 0 spiro atoms. The lowest BCUT2D eigenvalue weighted by molar-refractivity contribution is -0.128. The number of hydrogen-bond acceptors (Lipinski definition) is 2. The van der Waals surface area contributed by atoms with Crippen LogP contribution in [0.5, 0.6) is 0 Å². The van der Waals surface area contributed by atoms with Gasteiger partial charge in [0.05, 0.1) is 12.0 Å². The van der Waals surface area contributed by atoms with E-state index in [0.717, 1.165) is 22.6 Å². The molecule has 1 heterocycles. The van der Waals surface area contributed by atoms with Crippen LogP contribution in [-0.2, 0) is 11.3 Å². The molecule has 0 saturated heterocycles. The van der Waals surface area contributed by atoms with Crippen LogP contribution in [0, 0.1) is 19.3 Å². The normalized spacial score (nSPS) is 11.5. The summed E-state index contributed by atoms with van der Waals surface area (Å²) in [6.45, 7) is 10.3. The van der Waals surface area contributed by atoms with E-state index in [1.807, 2.05) is 58.3 Å². The summed E-state index contributed by atoms with van der Waals surface area (Å²) >= 11 is 0. The maximum Gasteiger partial charge on any atom is 0.225 e. The molecule has 0 radical (unpaired) electrons. The highest BCUT2D eigenvalue weighted by Gasteiger charge is 2.20. The number of imidazole rings is 1. The van der Waals surface area contributed by atoms with E-state index in [2.05, 4.69) is 21.8 Å². The second-order valence-electron chi connectivity index (χ2n) is 6.38. The summed E-state index contributed by atoms with van der Waals surface area (Å²) in [5.74, 6) is 0.0626. The SMILES string of the molecule is Cc1ncn(-c2ccc(CNC(=O)C(C)(C)C)cc2)c1C. The molecule has 112 valence electrons. The van der Waals surface area contributed by atoms with E-state index < -0.39 is 0 Å². The predicted molar refractivity (Wildman–Crippen MR) is 84.3 cm³/mol. The molecule has 0 aliphatic rings. The fraction of sp³-hybridized carbons (Fsp3) is 0.412. The highest BCUT2D eigenvalue weighted by Crippen LogP contribution is 2.16. The zero-order chi connectivity index (χ0) is 15.6. The number of aryl methyl sites for hydroxylation is 1. The molecule has 1 aromatic carbocycles. The average Bonchev–Trinajstić information content (AvgIpc) is 2.76. The second-order valence-corrected chi connectivity index (χ2v) is 6.38. The molecule has 0 unspecified atom stereocenters. The molecule has 4 nitrogen and oxygen atoms in total. The largest absolute Gasteiger partial charge is 0.352 e. The van der Waals surface area contributed by atoms with Crippen LogP contribution < -0.4 is 5.32 Å². The van der Waals surface area contributed by atoms with Gasteiger partial charge in [0.2, 0.25) is 5.91 Å². The first-order valence-corrected chi connectivity index (χ1v) is 7.17. The molecule has 21 heavy (non-hydrogen) atoms. The van der Waals surface area contributed by atoms with Gasteiger partial charge in [-0.25, -0.2) is 4.98 Å². The van der Waals surface area contributed by atoms with Crippen LogP contribution in [0.3, 0.4) is 0 Å². The molecule has 0 aliphatic carbocycles. The maximum absolute atomic E-state index is 11.9. The Morgan fingerprint density at radius 2 is 1.81 bits per heavy atom. The average molecular weight is 285 g/mol. The van der Waals surface area contributed by atoms with Crippen molar-refractivity contribution in [2.24, 2.45) is 5.41 Å². The number of benzene rings is 1. The number of rotatable bonds is 3. The Bertz CT molecular complexity index is 633. The molecule has 2 rings (SSSR count). The standard InChI is InChI=1S/C17H23N3O/c1-12-13(2)20(11-19-12)15-8-6-14(7-9-15)10-18-16(21)17(3,4)5/h6-9,11H,10H2,1-5H3,(H,18,21). The van der Waals surface area contributed by atoms with Gasteiger partial charge in [-0.3, -0.25) is 4.79 Å². The summed E-state index contributed by atoms with van der Waals surface area (Å²) in [4.78, 5) is 16.2. The van der Waals surface area contributed by atoms with Crippen LogP contribution in [-0.4, -0.2) is 15.5 Å². The molecule has 0 aliphatic heterocycles. The van der Waals surface area contributed by atoms with Crippen LogP contribution in [0.25, 0.3) is 5.69 Å². The molecule has 1 N–H and O–H groups in total. The number of aromatic nitrogens is 2. The Morgan fingerprint density at radius 1 is 1.19 bits per heavy atom. The number of hydrogen-bond donors (Lipinski definition) is 1. The summed E-state index contributed by atoms with van der Waals surface area (Å²) in [6, 6.07) is 8.17. The summed E-state index contributed by atoms with van der Waals surface area (Å²) in [7, 11) is 0. The zero-order valence-corrected chi connectivity index (χ0v) is 13.4. The van der Waals surface area contributed by atoms with E-state index >= 15 is 0 Å². The van der Waals surface area contributed by atoms with E-state index in [0.29, 0.717) is 6.54 Å². The number of nitrogens with zero attached hydrogens (tertiary/aromatic N) is 2. The lowest BCUT2D eigenvalue weighted by atomic mass is 9.95. The predicted octanol–water partition coefficient (Wildman–Crippen LogP) is 3.15. The summed E-state index contributed by atoms with van der Waals surface area (Å²) in [5.41, 5.74) is 4.00. The van der Waals surface area contributed by atoms with Crippen molar-refractivity contribution >= 4 is 5.91 Å². The topological polar surface area (TPSA) is 46.9 Å². The lowest BCUT2D eigenvalue weighted by Crippen LogP contribution is -2.34. The van der Waals surface area contributed by atoms with Crippen LogP contribution >= 0.6 is 0 Å². The molecule has 0 bridgehead atoms. The zero-order valence-electron chi connectivity index (χ0n) is 13.4. The van der Waals surface area contributed by atoms with Crippen LogP contribution in [0.15, 0.2) is 30.6 Å². The maximum atomic E-state index is 11.9. The third-order valence-corrected chi connectivity index (χ3v) is 3.60. The van der Waals surface area contributed by atoms with Crippen molar-refractivity contribution in [3.05, 3.63) is 47.5 Å². The van der Waals surface area contributed by atoms with Crippen LogP contribution in [0.2, 0.25) is 0 Å². The Labute approximate surface area is 126 Å². The van der Waals surface area contributed by atoms with Gasteiger partial charge < -0.3 is 9.88 Å². The molecular formula is C17H23N3O. The number of carbonyl (C=O) groups excluding carboxylic acids is 1. The fourth-order valence-electron chi connectivity index (χ4n) is 1.98. The van der Waals surface area contributed by atoms with Gasteiger partial charge in [0.1, 0.15) is 0 Å². The molecule has 1 amide bonds. The minimum Gasteiger partial charge on any atom is -0.352 e. The van der Waals surface area contributed by atoms with Gasteiger partial charge in [0.25, 0.3) is 0 Å². The molecule has 1 aromatic heterocycles. The Morgan fingerprint density at radius 3 is 2.29 bits per heavy atom. The first-order valence-electron chi connectivity index (χ1n) is 7.17. The monoisotopic (exact) mass is 285 g/mol. The van der Waals surface area contributed by atoms with E-state index in [1.54, 1.807) is 0 Å². The molecule has 2 aromatic rings. The second kappa shape index (κ2) is 5.72. The van der Waals surface area contributed by atoms with E-state index in [4.69, 9.17) is 0 Å². The quantitative estimate of drug-likeness (QED) is 0.941. The number of nitrogens with one attached hydrogen (secondary N) is 1. The summed E-state index contributed by atoms with van der Waals surface area (Å²) in [5, 5.41) is 2.96. The minimum atomic E-state index is -0.356. The van der Waals surface area contributed by atoms with Gasteiger partial charge >= 0.3 is 0 Å². The Balaban J connectivity index is 2.06. The molecular weight excluding hydrogens is 262 g/mol. The van der Waals surface area contributed by atoms with Gasteiger partial charge in [-0.2, -0.15) is 0 Å². The van der Waals surface area contributed by atoms with E-state index in [9.17, 15) is 4.79 Å². The van der Waals surface area contributed by atoms with E-state index in [-0.39, 0.29) is 11.3 Å². The first kappa shape index (κ1) is 15.3. The Kier molecular flexibility index (Phi) is 4.16. The van der Waals surface area contributed by atoms with E-state index in [1.165, 1.54) is 0 Å². The Hall–Kier alpha value is -2.10. The van der Waals surface area contributed by atoms with Crippen molar-refractivity contribution in [3.8, 4) is 5.69 Å². The van der Waals surface area contributed by atoms with Crippen LogP contribution in [0.4, 0.5) is 0 Å². The van der Waals surface area contributed by atoms with Gasteiger partial charge in [0, 0.05) is 23.3 Å². The highest BCUT2D eigenvalue weighted by atomic mass is 16.2. The number of amides is 1. The van der Waals surface area contributed by atoms with Gasteiger partial charge in [-0.05, 0) is 31.5 Å². The minimum absolute atomic E-state index is 0.0626. The van der Waals surface area contributed by atoms with Crippen molar-refractivity contribution in [1.82, 2.24) is 14.9 Å². The van der Waals surface area contributed by atoms with Gasteiger partial charge in [0.15, 0.2) is 0 Å². The number of carbonyl (C=O) groups is 1. The van der Waals surface area contributed by atoms with Crippen LogP contribution in [0.1, 0.15) is 37.7 Å². The third-order valence-electron chi connectivity index (χ3n) is 3.60. The van der Waals surface area contributed by atoms with Gasteiger partial charge in [-0.15, -0.1) is 0 Å². The van der Waals surface area contributed by atoms with Crippen molar-refractivity contribution in [2.75, 3.05) is 0 Å². The van der Waals surface area contributed by atoms with Crippen molar-refractivity contribution in [3.63, 3.8) is 0 Å². The molecule has 4 heteroatoms. The first-order chi connectivity index (χ1) is 9.79. The van der Waals surface area contributed by atoms with Crippen molar-refractivity contribution in [1.29, 1.82) is 0 Å². The highest BCUT2D eigenvalue weighted by molar-refractivity contribution is 5.81. The smallest absolute Gasteiger partial charge is 0.225 e. The summed E-state index contributed by atoms with van der Waals surface area (Å²) < 4.78 is 2.06. The lowest BCUT2D eigenvalue weighted by Gasteiger charge is -2.17. The van der Waals surface area contributed by atoms with Crippen molar-refractivity contribution < 1.29 is 4.79 Å². The molecule has 0 fully saturated rings. The third kappa shape index (κ3) is 3.51. The fourth-order valence-corrected chi connectivity index (χ4v) is 1.98. The summed E-state index contributed by atoms with van der Waals surface area (Å²) in [6.07, 6.45) is 1.83. The molecule has 0 atom stereocenters. The molecule has 0 saturated carbocycles. The van der Waals surface area contributed by atoms with Crippen molar-refractivity contribution in [2.45, 2.75) is 41.2 Å². The van der Waals surface area contributed by atoms with Gasteiger partial charge in [-0.1, -0.05) is 32.9 Å².